The van der Waals surface area contributed by atoms with Crippen molar-refractivity contribution < 1.29 is 0 Å². The highest BCUT2D eigenvalue weighted by Gasteiger charge is 2.09. The molecule has 2 aromatic rings. The molecule has 0 unspecified atom stereocenters. The first kappa shape index (κ1) is 9.49. The molecule has 2 aromatic heterocycles. The summed E-state index contributed by atoms with van der Waals surface area (Å²) in [7, 11) is 0. The van der Waals surface area contributed by atoms with Crippen molar-refractivity contribution in [3.63, 3.8) is 0 Å². The predicted octanol–water partition coefficient (Wildman–Crippen LogP) is 1.80. The predicted molar refractivity (Wildman–Crippen MR) is 57.7 cm³/mol. The lowest BCUT2D eigenvalue weighted by atomic mass is 10.2. The van der Waals surface area contributed by atoms with E-state index in [1.165, 1.54) is 0 Å². The van der Waals surface area contributed by atoms with Gasteiger partial charge in [0.05, 0.1) is 5.52 Å². The van der Waals surface area contributed by atoms with Crippen molar-refractivity contribution >= 4 is 17.1 Å². The van der Waals surface area contributed by atoms with Gasteiger partial charge < -0.3 is 10.1 Å². The van der Waals surface area contributed by atoms with Crippen molar-refractivity contribution in [2.75, 3.05) is 6.54 Å². The third-order valence-electron chi connectivity index (χ3n) is 2.26. The molecule has 0 aliphatic heterocycles. The van der Waals surface area contributed by atoms with E-state index in [-0.39, 0.29) is 0 Å². The Bertz CT molecular complexity index is 462. The van der Waals surface area contributed by atoms with Gasteiger partial charge in [0.1, 0.15) is 5.82 Å². The quantitative estimate of drug-likeness (QED) is 0.820. The zero-order valence-electron chi connectivity index (χ0n) is 8.00. The number of pyridine rings is 1. The second-order valence-corrected chi connectivity index (χ2v) is 3.63. The van der Waals surface area contributed by atoms with Crippen LogP contribution in [-0.2, 0) is 6.42 Å². The molecule has 2 rings (SSSR count). The smallest absolute Gasteiger partial charge is 0.155 e. The fraction of sp³-hybridized carbons (Fsp3) is 0.300. The first-order valence-electron chi connectivity index (χ1n) is 4.56. The molecule has 0 atom stereocenters. The number of aryl methyl sites for hydroxylation is 1. The molecular weight excluding hydrogens is 198 g/mol. The maximum absolute atomic E-state index is 6.05. The van der Waals surface area contributed by atoms with Gasteiger partial charge in [0, 0.05) is 12.6 Å². The lowest BCUT2D eigenvalue weighted by Gasteiger charge is -2.00. The van der Waals surface area contributed by atoms with Crippen LogP contribution in [0.15, 0.2) is 18.3 Å². The number of nitrogens with two attached hydrogens (primary N) is 1. The maximum atomic E-state index is 6.05. The fourth-order valence-corrected chi connectivity index (χ4v) is 1.96. The van der Waals surface area contributed by atoms with Crippen LogP contribution in [0.3, 0.4) is 0 Å². The summed E-state index contributed by atoms with van der Waals surface area (Å²) in [4.78, 5) is 4.29. The van der Waals surface area contributed by atoms with E-state index >= 15 is 0 Å². The number of hydrogen-bond donors (Lipinski definition) is 1. The molecule has 0 saturated carbocycles. The van der Waals surface area contributed by atoms with Crippen LogP contribution in [0.2, 0.25) is 5.15 Å². The van der Waals surface area contributed by atoms with Crippen molar-refractivity contribution in [1.82, 2.24) is 9.38 Å². The fourth-order valence-electron chi connectivity index (χ4n) is 1.62. The second-order valence-electron chi connectivity index (χ2n) is 3.27. The van der Waals surface area contributed by atoms with Gasteiger partial charge >= 0.3 is 0 Å². The lowest BCUT2D eigenvalue weighted by molar-refractivity contribution is 0.862. The van der Waals surface area contributed by atoms with Crippen LogP contribution in [0.4, 0.5) is 0 Å². The summed E-state index contributed by atoms with van der Waals surface area (Å²) in [6.07, 6.45) is 2.71. The number of aromatic nitrogens is 2. The summed E-state index contributed by atoms with van der Waals surface area (Å²) in [5.41, 5.74) is 7.62. The molecule has 14 heavy (non-hydrogen) atoms. The summed E-state index contributed by atoms with van der Waals surface area (Å²) in [6.45, 7) is 2.61. The first-order chi connectivity index (χ1) is 6.74. The summed E-state index contributed by atoms with van der Waals surface area (Å²) >= 11 is 6.05. The molecule has 0 spiro atoms. The van der Waals surface area contributed by atoms with Gasteiger partial charge in [0.15, 0.2) is 5.15 Å². The SMILES string of the molecule is Cc1cccn2c(CCN)nc(Cl)c12. The van der Waals surface area contributed by atoms with Gasteiger partial charge in [0.2, 0.25) is 0 Å². The molecule has 74 valence electrons. The molecule has 2 heterocycles. The Hall–Kier alpha value is -1.06. The lowest BCUT2D eigenvalue weighted by Crippen LogP contribution is -2.06. The highest BCUT2D eigenvalue weighted by atomic mass is 35.5. The minimum atomic E-state index is 0.562. The molecule has 0 aromatic carbocycles. The average Bonchev–Trinajstić information content (AvgIpc) is 2.46. The van der Waals surface area contributed by atoms with E-state index in [1.54, 1.807) is 0 Å². The van der Waals surface area contributed by atoms with Crippen LogP contribution in [0, 0.1) is 6.92 Å². The van der Waals surface area contributed by atoms with Gasteiger partial charge in [-0.2, -0.15) is 0 Å². The number of hydrogen-bond acceptors (Lipinski definition) is 2. The Morgan fingerprint density at radius 1 is 1.57 bits per heavy atom. The average molecular weight is 210 g/mol. The summed E-state index contributed by atoms with van der Waals surface area (Å²) in [5.74, 6) is 0.927. The normalized spacial score (nSPS) is 11.1. The summed E-state index contributed by atoms with van der Waals surface area (Å²) < 4.78 is 2.00. The Labute approximate surface area is 87.5 Å². The van der Waals surface area contributed by atoms with Crippen LogP contribution in [0.1, 0.15) is 11.4 Å². The maximum Gasteiger partial charge on any atom is 0.155 e. The number of nitrogens with zero attached hydrogens (tertiary/aromatic N) is 2. The van der Waals surface area contributed by atoms with Gasteiger partial charge in [-0.25, -0.2) is 4.98 Å². The van der Waals surface area contributed by atoms with Crippen molar-refractivity contribution in [2.45, 2.75) is 13.3 Å². The number of halogens is 1. The van der Waals surface area contributed by atoms with E-state index in [0.717, 1.165) is 23.3 Å². The number of rotatable bonds is 2. The van der Waals surface area contributed by atoms with Gasteiger partial charge in [-0.05, 0) is 25.1 Å². The Morgan fingerprint density at radius 3 is 3.07 bits per heavy atom. The number of imidazole rings is 1. The third kappa shape index (κ3) is 1.38. The summed E-state index contributed by atoms with van der Waals surface area (Å²) in [5, 5.41) is 0.562. The molecule has 0 aliphatic carbocycles. The minimum Gasteiger partial charge on any atom is -0.330 e. The van der Waals surface area contributed by atoms with Crippen LogP contribution < -0.4 is 5.73 Å². The molecule has 0 amide bonds. The zero-order chi connectivity index (χ0) is 10.1. The highest BCUT2D eigenvalue weighted by molar-refractivity contribution is 6.32. The van der Waals surface area contributed by atoms with Crippen LogP contribution in [0.5, 0.6) is 0 Å². The van der Waals surface area contributed by atoms with E-state index in [2.05, 4.69) is 4.98 Å². The monoisotopic (exact) mass is 209 g/mol. The zero-order valence-corrected chi connectivity index (χ0v) is 8.75. The van der Waals surface area contributed by atoms with E-state index in [0.29, 0.717) is 11.7 Å². The largest absolute Gasteiger partial charge is 0.330 e. The van der Waals surface area contributed by atoms with Crippen molar-refractivity contribution in [1.29, 1.82) is 0 Å². The van der Waals surface area contributed by atoms with Crippen LogP contribution >= 0.6 is 11.6 Å². The molecule has 0 fully saturated rings. The molecule has 3 nitrogen and oxygen atoms in total. The van der Waals surface area contributed by atoms with Gasteiger partial charge in [-0.15, -0.1) is 0 Å². The minimum absolute atomic E-state index is 0.562. The Balaban J connectivity index is 2.71. The molecule has 4 heteroatoms. The van der Waals surface area contributed by atoms with Crippen LogP contribution in [0.25, 0.3) is 5.52 Å². The second kappa shape index (κ2) is 3.59. The Morgan fingerprint density at radius 2 is 2.36 bits per heavy atom. The van der Waals surface area contributed by atoms with Gasteiger partial charge in [0.25, 0.3) is 0 Å². The summed E-state index contributed by atoms with van der Waals surface area (Å²) in [6, 6.07) is 4.01. The molecule has 0 aliphatic rings. The molecular formula is C10H12ClN3. The highest BCUT2D eigenvalue weighted by Crippen LogP contribution is 2.21. The van der Waals surface area contributed by atoms with Crippen LogP contribution in [-0.4, -0.2) is 15.9 Å². The first-order valence-corrected chi connectivity index (χ1v) is 4.94. The van der Waals surface area contributed by atoms with Gasteiger partial charge in [-0.3, -0.25) is 0 Å². The molecule has 2 N–H and O–H groups in total. The van der Waals surface area contributed by atoms with E-state index in [1.807, 2.05) is 29.7 Å². The van der Waals surface area contributed by atoms with Crippen molar-refractivity contribution in [2.24, 2.45) is 5.73 Å². The standard InChI is InChI=1S/C10H12ClN3/c1-7-3-2-6-14-8(4-5-12)13-10(11)9(7)14/h2-3,6H,4-5,12H2,1H3. The van der Waals surface area contributed by atoms with Crippen molar-refractivity contribution in [3.05, 3.63) is 34.9 Å². The van der Waals surface area contributed by atoms with E-state index in [4.69, 9.17) is 17.3 Å². The van der Waals surface area contributed by atoms with E-state index < -0.39 is 0 Å². The molecule has 0 saturated heterocycles. The number of fused-ring (bicyclic) bond motifs is 1. The van der Waals surface area contributed by atoms with Gasteiger partial charge in [-0.1, -0.05) is 17.7 Å². The topological polar surface area (TPSA) is 43.3 Å². The van der Waals surface area contributed by atoms with Crippen molar-refractivity contribution in [3.8, 4) is 0 Å². The third-order valence-corrected chi connectivity index (χ3v) is 2.53. The molecule has 0 radical (unpaired) electrons. The van der Waals surface area contributed by atoms with E-state index in [9.17, 15) is 0 Å². The Kier molecular flexibility index (Phi) is 2.44. The molecule has 0 bridgehead atoms.